The van der Waals surface area contributed by atoms with Gasteiger partial charge in [-0.15, -0.1) is 6.58 Å². The predicted octanol–water partition coefficient (Wildman–Crippen LogP) is 0.195. The van der Waals surface area contributed by atoms with Crippen molar-refractivity contribution in [3.63, 3.8) is 0 Å². The third-order valence-electron chi connectivity index (χ3n) is 2.26. The number of amides is 2. The van der Waals surface area contributed by atoms with Crippen LogP contribution in [0.2, 0.25) is 0 Å². The Labute approximate surface area is 78.2 Å². The first kappa shape index (κ1) is 10.1. The molecule has 0 radical (unpaired) electrons. The molecule has 1 aliphatic heterocycles. The second-order valence-electron chi connectivity index (χ2n) is 3.42. The Morgan fingerprint density at radius 1 is 1.77 bits per heavy atom. The Bertz CT molecular complexity index is 196. The zero-order valence-electron chi connectivity index (χ0n) is 7.86. The highest BCUT2D eigenvalue weighted by Gasteiger charge is 2.30. The Morgan fingerprint density at radius 2 is 2.46 bits per heavy atom. The predicted molar refractivity (Wildman–Crippen MR) is 50.3 cm³/mol. The Balaban J connectivity index is 2.37. The van der Waals surface area contributed by atoms with Crippen molar-refractivity contribution in [1.29, 1.82) is 0 Å². The molecule has 0 aromatic heterocycles. The fraction of sp³-hybridized carbons (Fsp3) is 0.667. The fourth-order valence-electron chi connectivity index (χ4n) is 1.39. The summed E-state index contributed by atoms with van der Waals surface area (Å²) < 4.78 is 0. The summed E-state index contributed by atoms with van der Waals surface area (Å²) in [6, 6.07) is -0.122. The van der Waals surface area contributed by atoms with Crippen molar-refractivity contribution in [1.82, 2.24) is 10.2 Å². The van der Waals surface area contributed by atoms with Gasteiger partial charge < -0.3 is 15.3 Å². The zero-order valence-corrected chi connectivity index (χ0v) is 7.86. The molecule has 0 bridgehead atoms. The molecule has 2 N–H and O–H groups in total. The van der Waals surface area contributed by atoms with E-state index in [0.717, 1.165) is 0 Å². The largest absolute Gasteiger partial charge is 0.391 e. The molecule has 4 heteroatoms. The smallest absolute Gasteiger partial charge is 0.317 e. The van der Waals surface area contributed by atoms with Crippen molar-refractivity contribution in [2.24, 2.45) is 5.92 Å². The summed E-state index contributed by atoms with van der Waals surface area (Å²) in [4.78, 5) is 13.0. The lowest BCUT2D eigenvalue weighted by molar-refractivity contribution is 0.148. The van der Waals surface area contributed by atoms with Gasteiger partial charge in [0.1, 0.15) is 0 Å². The lowest BCUT2D eigenvalue weighted by Gasteiger charge is -2.15. The highest BCUT2D eigenvalue weighted by molar-refractivity contribution is 5.74. The molecule has 1 heterocycles. The number of hydrogen-bond acceptors (Lipinski definition) is 2. The minimum Gasteiger partial charge on any atom is -0.391 e. The maximum absolute atomic E-state index is 11.4. The van der Waals surface area contributed by atoms with Crippen LogP contribution in [-0.2, 0) is 0 Å². The van der Waals surface area contributed by atoms with Crippen LogP contribution >= 0.6 is 0 Å². The molecule has 2 unspecified atom stereocenters. The normalized spacial score (nSPS) is 27.4. The third kappa shape index (κ3) is 2.45. The van der Waals surface area contributed by atoms with Crippen molar-refractivity contribution in [2.75, 3.05) is 19.6 Å². The van der Waals surface area contributed by atoms with E-state index >= 15 is 0 Å². The summed E-state index contributed by atoms with van der Waals surface area (Å²) in [7, 11) is 0. The standard InChI is InChI=1S/C9H16N2O2/c1-3-4-10-9(13)11-5-7(2)8(12)6-11/h3,7-8,12H,1,4-6H2,2H3,(H,10,13). The highest BCUT2D eigenvalue weighted by Crippen LogP contribution is 2.15. The first-order valence-corrected chi connectivity index (χ1v) is 4.47. The van der Waals surface area contributed by atoms with E-state index in [9.17, 15) is 9.90 Å². The zero-order chi connectivity index (χ0) is 9.84. The van der Waals surface area contributed by atoms with Crippen LogP contribution in [-0.4, -0.2) is 41.8 Å². The number of carbonyl (C=O) groups is 1. The second kappa shape index (κ2) is 4.28. The molecule has 4 nitrogen and oxygen atoms in total. The SMILES string of the molecule is C=CCNC(=O)N1CC(C)C(O)C1. The number of aliphatic hydroxyl groups excluding tert-OH is 1. The number of carbonyl (C=O) groups excluding carboxylic acids is 1. The molecule has 0 aromatic carbocycles. The third-order valence-corrected chi connectivity index (χ3v) is 2.26. The van der Waals surface area contributed by atoms with E-state index in [1.54, 1.807) is 11.0 Å². The number of urea groups is 1. The molecule has 0 spiro atoms. The fourth-order valence-corrected chi connectivity index (χ4v) is 1.39. The Hall–Kier alpha value is -1.03. The molecule has 0 saturated carbocycles. The summed E-state index contributed by atoms with van der Waals surface area (Å²) in [6.45, 7) is 6.98. The van der Waals surface area contributed by atoms with E-state index in [-0.39, 0.29) is 18.1 Å². The van der Waals surface area contributed by atoms with Crippen LogP contribution in [0, 0.1) is 5.92 Å². The van der Waals surface area contributed by atoms with Gasteiger partial charge in [0.25, 0.3) is 0 Å². The monoisotopic (exact) mass is 184 g/mol. The van der Waals surface area contributed by atoms with Crippen LogP contribution in [0.5, 0.6) is 0 Å². The number of aliphatic hydroxyl groups is 1. The molecule has 0 aliphatic carbocycles. The minimum atomic E-state index is -0.380. The summed E-state index contributed by atoms with van der Waals surface area (Å²) in [6.07, 6.45) is 1.25. The van der Waals surface area contributed by atoms with Gasteiger partial charge in [-0.25, -0.2) is 4.79 Å². The maximum atomic E-state index is 11.4. The second-order valence-corrected chi connectivity index (χ2v) is 3.42. The Kier molecular flexibility index (Phi) is 3.31. The first-order chi connectivity index (χ1) is 6.15. The molecule has 1 rings (SSSR count). The van der Waals surface area contributed by atoms with Crippen LogP contribution in [0.3, 0.4) is 0 Å². The molecular weight excluding hydrogens is 168 g/mol. The van der Waals surface area contributed by atoms with Gasteiger partial charge in [-0.05, 0) is 0 Å². The first-order valence-electron chi connectivity index (χ1n) is 4.47. The molecule has 1 fully saturated rings. The van der Waals surface area contributed by atoms with E-state index in [4.69, 9.17) is 0 Å². The summed E-state index contributed by atoms with van der Waals surface area (Å²) >= 11 is 0. The van der Waals surface area contributed by atoms with Gasteiger partial charge in [0.05, 0.1) is 6.10 Å². The average molecular weight is 184 g/mol. The number of β-amino-alcohol motifs (C(OH)–C–C–N with tert-alkyl or cyclic N) is 1. The summed E-state index contributed by atoms with van der Waals surface area (Å²) in [5.41, 5.74) is 0. The molecule has 74 valence electrons. The van der Waals surface area contributed by atoms with E-state index in [2.05, 4.69) is 11.9 Å². The van der Waals surface area contributed by atoms with Gasteiger partial charge in [0.2, 0.25) is 0 Å². The molecule has 2 atom stereocenters. The summed E-state index contributed by atoms with van der Waals surface area (Å²) in [5, 5.41) is 12.1. The van der Waals surface area contributed by atoms with Gasteiger partial charge >= 0.3 is 6.03 Å². The van der Waals surface area contributed by atoms with Gasteiger partial charge in [0.15, 0.2) is 0 Å². The average Bonchev–Trinajstić information content (AvgIpc) is 2.43. The van der Waals surface area contributed by atoms with E-state index in [1.165, 1.54) is 0 Å². The van der Waals surface area contributed by atoms with Crippen molar-refractivity contribution in [3.8, 4) is 0 Å². The van der Waals surface area contributed by atoms with Crippen molar-refractivity contribution < 1.29 is 9.90 Å². The van der Waals surface area contributed by atoms with Crippen LogP contribution in [0.15, 0.2) is 12.7 Å². The van der Waals surface area contributed by atoms with Crippen molar-refractivity contribution in [3.05, 3.63) is 12.7 Å². The van der Waals surface area contributed by atoms with Gasteiger partial charge in [-0.3, -0.25) is 0 Å². The number of nitrogens with zero attached hydrogens (tertiary/aromatic N) is 1. The Morgan fingerprint density at radius 3 is 2.92 bits per heavy atom. The van der Waals surface area contributed by atoms with Crippen LogP contribution in [0.4, 0.5) is 4.79 Å². The van der Waals surface area contributed by atoms with Gasteiger partial charge in [-0.1, -0.05) is 13.0 Å². The molecule has 0 aromatic rings. The number of nitrogens with one attached hydrogen (secondary N) is 1. The lowest BCUT2D eigenvalue weighted by Crippen LogP contribution is -2.38. The van der Waals surface area contributed by atoms with Crippen molar-refractivity contribution >= 4 is 6.03 Å². The number of hydrogen-bond donors (Lipinski definition) is 2. The van der Waals surface area contributed by atoms with Gasteiger partial charge in [0, 0.05) is 25.6 Å². The van der Waals surface area contributed by atoms with Crippen LogP contribution < -0.4 is 5.32 Å². The molecule has 1 saturated heterocycles. The van der Waals surface area contributed by atoms with E-state index < -0.39 is 0 Å². The number of likely N-dealkylation sites (tertiary alicyclic amines) is 1. The number of rotatable bonds is 2. The van der Waals surface area contributed by atoms with E-state index in [1.807, 2.05) is 6.92 Å². The lowest BCUT2D eigenvalue weighted by atomic mass is 10.1. The minimum absolute atomic E-state index is 0.122. The summed E-state index contributed by atoms with van der Waals surface area (Å²) in [5.74, 6) is 0.175. The quantitative estimate of drug-likeness (QED) is 0.602. The molecular formula is C9H16N2O2. The highest BCUT2D eigenvalue weighted by atomic mass is 16.3. The topological polar surface area (TPSA) is 52.6 Å². The molecule has 2 amide bonds. The van der Waals surface area contributed by atoms with Crippen LogP contribution in [0.1, 0.15) is 6.92 Å². The van der Waals surface area contributed by atoms with Gasteiger partial charge in [-0.2, -0.15) is 0 Å². The van der Waals surface area contributed by atoms with Crippen molar-refractivity contribution in [2.45, 2.75) is 13.0 Å². The molecule has 1 aliphatic rings. The van der Waals surface area contributed by atoms with Crippen LogP contribution in [0.25, 0.3) is 0 Å². The maximum Gasteiger partial charge on any atom is 0.317 e. The molecule has 13 heavy (non-hydrogen) atoms. The van der Waals surface area contributed by atoms with E-state index in [0.29, 0.717) is 19.6 Å².